The number of hydrogen-bond donors (Lipinski definition) is 0. The zero-order valence-corrected chi connectivity index (χ0v) is 10.5. The number of ketones is 1. The van der Waals surface area contributed by atoms with E-state index in [0.717, 1.165) is 0 Å². The maximum atomic E-state index is 11.9. The summed E-state index contributed by atoms with van der Waals surface area (Å²) in [4.78, 5) is 11.9. The van der Waals surface area contributed by atoms with E-state index in [2.05, 4.69) is 10.3 Å². The van der Waals surface area contributed by atoms with Gasteiger partial charge in [0.2, 0.25) is 0 Å². The molecule has 0 radical (unpaired) electrons. The van der Waals surface area contributed by atoms with E-state index in [1.54, 1.807) is 36.1 Å². The molecule has 4 nitrogen and oxygen atoms in total. The zero-order valence-electron chi connectivity index (χ0n) is 9.02. The second-order valence-corrected chi connectivity index (χ2v) is 4.43. The topological polar surface area (TPSA) is 47.8 Å². The molecule has 0 unspecified atom stereocenters. The Kier molecular flexibility index (Phi) is 3.45. The molecule has 1 aromatic carbocycles. The first-order valence-electron chi connectivity index (χ1n) is 4.89. The summed E-state index contributed by atoms with van der Waals surface area (Å²) in [6, 6.07) is 4.81. The molecule has 88 valence electrons. The maximum Gasteiger partial charge on any atom is 0.168 e. The van der Waals surface area contributed by atoms with Gasteiger partial charge in [0.15, 0.2) is 5.78 Å². The van der Waals surface area contributed by atoms with Crippen molar-refractivity contribution in [2.75, 3.05) is 0 Å². The molecule has 17 heavy (non-hydrogen) atoms. The Morgan fingerprint density at radius 3 is 2.71 bits per heavy atom. The molecule has 0 N–H and O–H groups in total. The molecule has 0 fully saturated rings. The average molecular weight is 270 g/mol. The van der Waals surface area contributed by atoms with Crippen molar-refractivity contribution in [2.24, 2.45) is 7.05 Å². The first-order chi connectivity index (χ1) is 8.06. The molecule has 0 atom stereocenters. The summed E-state index contributed by atoms with van der Waals surface area (Å²) in [6.45, 7) is 0. The van der Waals surface area contributed by atoms with Crippen LogP contribution < -0.4 is 0 Å². The standard InChI is InChI=1S/C11H9Cl2N3O/c1-16-6-8(14-15-16)5-11(17)7-2-3-9(12)10(13)4-7/h2-4,6H,5H2,1H3. The van der Waals surface area contributed by atoms with Crippen molar-refractivity contribution in [3.05, 3.63) is 45.7 Å². The Balaban J connectivity index is 2.17. The van der Waals surface area contributed by atoms with Crippen LogP contribution in [0, 0.1) is 0 Å². The number of aryl methyl sites for hydroxylation is 1. The largest absolute Gasteiger partial charge is 0.294 e. The number of carbonyl (C=O) groups excluding carboxylic acids is 1. The van der Waals surface area contributed by atoms with Gasteiger partial charge in [-0.1, -0.05) is 28.4 Å². The molecule has 2 rings (SSSR count). The predicted octanol–water partition coefficient (Wildman–Crippen LogP) is 2.55. The third kappa shape index (κ3) is 2.84. The molecule has 0 bridgehead atoms. The number of hydrogen-bond acceptors (Lipinski definition) is 3. The lowest BCUT2D eigenvalue weighted by Crippen LogP contribution is -2.03. The van der Waals surface area contributed by atoms with E-state index in [4.69, 9.17) is 23.2 Å². The lowest BCUT2D eigenvalue weighted by molar-refractivity contribution is 0.0992. The number of rotatable bonds is 3. The Morgan fingerprint density at radius 1 is 1.35 bits per heavy atom. The fourth-order valence-electron chi connectivity index (χ4n) is 1.41. The first-order valence-corrected chi connectivity index (χ1v) is 5.65. The molecule has 2 aromatic rings. The van der Waals surface area contributed by atoms with Gasteiger partial charge in [-0.3, -0.25) is 9.48 Å². The third-order valence-corrected chi connectivity index (χ3v) is 2.97. The molecule has 0 saturated carbocycles. The van der Waals surface area contributed by atoms with Gasteiger partial charge >= 0.3 is 0 Å². The highest BCUT2D eigenvalue weighted by Crippen LogP contribution is 2.23. The fourth-order valence-corrected chi connectivity index (χ4v) is 1.71. The predicted molar refractivity (Wildman–Crippen MR) is 65.5 cm³/mol. The van der Waals surface area contributed by atoms with Crippen LogP contribution >= 0.6 is 23.2 Å². The van der Waals surface area contributed by atoms with Crippen LogP contribution in [-0.2, 0) is 13.5 Å². The van der Waals surface area contributed by atoms with Gasteiger partial charge in [-0.2, -0.15) is 0 Å². The zero-order chi connectivity index (χ0) is 12.4. The molecule has 6 heteroatoms. The first kappa shape index (κ1) is 12.1. The minimum atomic E-state index is -0.0657. The average Bonchev–Trinajstić information content (AvgIpc) is 2.68. The number of nitrogens with zero attached hydrogens (tertiary/aromatic N) is 3. The van der Waals surface area contributed by atoms with E-state index >= 15 is 0 Å². The number of carbonyl (C=O) groups is 1. The van der Waals surface area contributed by atoms with Gasteiger partial charge in [0.05, 0.1) is 22.2 Å². The van der Waals surface area contributed by atoms with Gasteiger partial charge in [0.25, 0.3) is 0 Å². The summed E-state index contributed by atoms with van der Waals surface area (Å²) in [5.74, 6) is -0.0657. The summed E-state index contributed by atoms with van der Waals surface area (Å²) in [7, 11) is 1.75. The number of Topliss-reactive ketones (excluding diaryl/α,β-unsaturated/α-hetero) is 1. The molecule has 0 aliphatic carbocycles. The van der Waals surface area contributed by atoms with Crippen molar-refractivity contribution in [3.63, 3.8) is 0 Å². The molecule has 1 heterocycles. The van der Waals surface area contributed by atoms with Gasteiger partial charge in [-0.15, -0.1) is 5.10 Å². The normalized spacial score (nSPS) is 10.5. The number of halogens is 2. The van der Waals surface area contributed by atoms with Gasteiger partial charge in [-0.25, -0.2) is 0 Å². The van der Waals surface area contributed by atoms with E-state index in [9.17, 15) is 4.79 Å². The van der Waals surface area contributed by atoms with Crippen molar-refractivity contribution in [1.29, 1.82) is 0 Å². The molecule has 1 aromatic heterocycles. The van der Waals surface area contributed by atoms with Gasteiger partial charge in [0, 0.05) is 18.8 Å². The van der Waals surface area contributed by atoms with Crippen molar-refractivity contribution in [1.82, 2.24) is 15.0 Å². The second-order valence-electron chi connectivity index (χ2n) is 3.61. The second kappa shape index (κ2) is 4.85. The van der Waals surface area contributed by atoms with Crippen LogP contribution in [-0.4, -0.2) is 20.8 Å². The van der Waals surface area contributed by atoms with E-state index in [1.807, 2.05) is 0 Å². The Bertz CT molecular complexity index is 566. The van der Waals surface area contributed by atoms with E-state index in [1.165, 1.54) is 0 Å². The van der Waals surface area contributed by atoms with Crippen LogP contribution in [0.5, 0.6) is 0 Å². The van der Waals surface area contributed by atoms with E-state index in [-0.39, 0.29) is 12.2 Å². The number of benzene rings is 1. The molecule has 0 spiro atoms. The van der Waals surface area contributed by atoms with Crippen LogP contribution in [0.1, 0.15) is 16.1 Å². The van der Waals surface area contributed by atoms with E-state index in [0.29, 0.717) is 21.3 Å². The highest BCUT2D eigenvalue weighted by atomic mass is 35.5. The summed E-state index contributed by atoms with van der Waals surface area (Å²) < 4.78 is 1.55. The molecule has 0 saturated heterocycles. The number of aromatic nitrogens is 3. The summed E-state index contributed by atoms with van der Waals surface area (Å²) >= 11 is 11.6. The lowest BCUT2D eigenvalue weighted by Gasteiger charge is -2.00. The van der Waals surface area contributed by atoms with Crippen molar-refractivity contribution < 1.29 is 4.79 Å². The van der Waals surface area contributed by atoms with Crippen LogP contribution in [0.15, 0.2) is 24.4 Å². The quantitative estimate of drug-likeness (QED) is 0.805. The Labute approximate surface area is 108 Å². The van der Waals surface area contributed by atoms with Gasteiger partial charge < -0.3 is 0 Å². The van der Waals surface area contributed by atoms with Crippen LogP contribution in [0.25, 0.3) is 0 Å². The molecular weight excluding hydrogens is 261 g/mol. The minimum Gasteiger partial charge on any atom is -0.294 e. The molecular formula is C11H9Cl2N3O. The van der Waals surface area contributed by atoms with Crippen LogP contribution in [0.4, 0.5) is 0 Å². The molecule has 0 aliphatic rings. The van der Waals surface area contributed by atoms with Gasteiger partial charge in [0.1, 0.15) is 0 Å². The summed E-state index contributed by atoms with van der Waals surface area (Å²) in [6.07, 6.45) is 1.90. The monoisotopic (exact) mass is 269 g/mol. The van der Waals surface area contributed by atoms with Crippen molar-refractivity contribution in [3.8, 4) is 0 Å². The maximum absolute atomic E-state index is 11.9. The van der Waals surface area contributed by atoms with Crippen molar-refractivity contribution in [2.45, 2.75) is 6.42 Å². The Hall–Kier alpha value is -1.39. The highest BCUT2D eigenvalue weighted by molar-refractivity contribution is 6.42. The third-order valence-electron chi connectivity index (χ3n) is 2.23. The van der Waals surface area contributed by atoms with Crippen LogP contribution in [0.3, 0.4) is 0 Å². The van der Waals surface area contributed by atoms with E-state index < -0.39 is 0 Å². The molecule has 0 aliphatic heterocycles. The summed E-state index contributed by atoms with van der Waals surface area (Å²) in [5.41, 5.74) is 1.15. The smallest absolute Gasteiger partial charge is 0.168 e. The van der Waals surface area contributed by atoms with Crippen LogP contribution in [0.2, 0.25) is 10.0 Å². The fraction of sp³-hybridized carbons (Fsp3) is 0.182. The SMILES string of the molecule is Cn1cc(CC(=O)c2ccc(Cl)c(Cl)c2)nn1. The highest BCUT2D eigenvalue weighted by Gasteiger charge is 2.11. The minimum absolute atomic E-state index is 0.0657. The summed E-state index contributed by atoms with van der Waals surface area (Å²) in [5, 5.41) is 8.42. The Morgan fingerprint density at radius 2 is 2.12 bits per heavy atom. The molecule has 0 amide bonds. The van der Waals surface area contributed by atoms with Crippen molar-refractivity contribution >= 4 is 29.0 Å². The lowest BCUT2D eigenvalue weighted by atomic mass is 10.1. The van der Waals surface area contributed by atoms with Gasteiger partial charge in [-0.05, 0) is 18.2 Å².